The van der Waals surface area contributed by atoms with Gasteiger partial charge < -0.3 is 10.2 Å². The van der Waals surface area contributed by atoms with Crippen LogP contribution in [0.5, 0.6) is 0 Å². The summed E-state index contributed by atoms with van der Waals surface area (Å²) in [6.45, 7) is 7.54. The molecule has 2 atom stereocenters. The molecule has 2 N–H and O–H groups in total. The molecule has 0 bridgehead atoms. The van der Waals surface area contributed by atoms with E-state index in [-0.39, 0.29) is 0 Å². The molecule has 0 spiro atoms. The van der Waals surface area contributed by atoms with E-state index in [1.54, 1.807) is 0 Å². The lowest BCUT2D eigenvalue weighted by atomic mass is 9.84. The molecule has 28 heavy (non-hydrogen) atoms. The van der Waals surface area contributed by atoms with Crippen molar-refractivity contribution >= 4 is 21.5 Å². The van der Waals surface area contributed by atoms with E-state index in [9.17, 15) is 10.2 Å². The highest BCUT2D eigenvalue weighted by atomic mass is 16.3. The van der Waals surface area contributed by atoms with E-state index in [2.05, 4.69) is 37.4 Å². The summed E-state index contributed by atoms with van der Waals surface area (Å²) in [6, 6.07) is 24.1. The SMILES string of the molecule is C=CC(O)c1ccc2ccccc2c1-c1c([C@H](O)C=C)ccc2ccccc12. The predicted molar refractivity (Wildman–Crippen MR) is 117 cm³/mol. The zero-order chi connectivity index (χ0) is 19.7. The first-order valence-electron chi connectivity index (χ1n) is 9.30. The Kier molecular flexibility index (Phi) is 4.82. The molecule has 138 valence electrons. The van der Waals surface area contributed by atoms with E-state index in [4.69, 9.17) is 0 Å². The van der Waals surface area contributed by atoms with Crippen LogP contribution in [0.3, 0.4) is 0 Å². The summed E-state index contributed by atoms with van der Waals surface area (Å²) >= 11 is 0. The average molecular weight is 366 g/mol. The highest BCUT2D eigenvalue weighted by Crippen LogP contribution is 2.43. The Labute approximate surface area is 164 Å². The van der Waals surface area contributed by atoms with Crippen molar-refractivity contribution in [3.63, 3.8) is 0 Å². The number of aliphatic hydroxyl groups excluding tert-OH is 2. The Hall–Kier alpha value is -3.20. The first kappa shape index (κ1) is 18.2. The molecule has 0 aliphatic carbocycles. The van der Waals surface area contributed by atoms with E-state index in [0.29, 0.717) is 0 Å². The van der Waals surface area contributed by atoms with Crippen molar-refractivity contribution in [2.75, 3.05) is 0 Å². The van der Waals surface area contributed by atoms with Gasteiger partial charge in [0.2, 0.25) is 0 Å². The van der Waals surface area contributed by atoms with Crippen LogP contribution in [0.25, 0.3) is 32.7 Å². The molecule has 2 nitrogen and oxygen atoms in total. The third-order valence-corrected chi connectivity index (χ3v) is 5.26. The van der Waals surface area contributed by atoms with Crippen molar-refractivity contribution in [1.29, 1.82) is 0 Å². The van der Waals surface area contributed by atoms with Crippen molar-refractivity contribution in [2.45, 2.75) is 12.2 Å². The van der Waals surface area contributed by atoms with Crippen molar-refractivity contribution in [3.05, 3.63) is 109 Å². The van der Waals surface area contributed by atoms with Gasteiger partial charge in [0.15, 0.2) is 0 Å². The van der Waals surface area contributed by atoms with Crippen LogP contribution in [-0.2, 0) is 0 Å². The summed E-state index contributed by atoms with van der Waals surface area (Å²) in [5.74, 6) is 0. The first-order chi connectivity index (χ1) is 13.7. The number of fused-ring (bicyclic) bond motifs is 2. The molecule has 0 fully saturated rings. The van der Waals surface area contributed by atoms with E-state index in [1.165, 1.54) is 12.2 Å². The minimum Gasteiger partial charge on any atom is -0.384 e. The standard InChI is InChI=1S/C26H22O2/c1-3-23(27)21-15-13-17-9-5-7-11-19(17)25(21)26-20-12-8-6-10-18(20)14-16-22(26)24(28)4-2/h3-16,23-24,27-28H,1-2H2/t23-,24?/m1/s1. The Morgan fingerprint density at radius 2 is 0.964 bits per heavy atom. The first-order valence-corrected chi connectivity index (χ1v) is 9.30. The summed E-state index contributed by atoms with van der Waals surface area (Å²) in [4.78, 5) is 0. The molecule has 0 heterocycles. The molecule has 0 radical (unpaired) electrons. The van der Waals surface area contributed by atoms with Crippen LogP contribution < -0.4 is 0 Å². The van der Waals surface area contributed by atoms with Gasteiger partial charge in [-0.1, -0.05) is 84.9 Å². The number of rotatable bonds is 5. The van der Waals surface area contributed by atoms with Gasteiger partial charge in [-0.05, 0) is 43.8 Å². The van der Waals surface area contributed by atoms with Crippen molar-refractivity contribution in [3.8, 4) is 11.1 Å². The fourth-order valence-electron chi connectivity index (χ4n) is 3.88. The van der Waals surface area contributed by atoms with Gasteiger partial charge in [0.25, 0.3) is 0 Å². The second-order valence-electron chi connectivity index (χ2n) is 6.86. The summed E-state index contributed by atoms with van der Waals surface area (Å²) < 4.78 is 0. The highest BCUT2D eigenvalue weighted by molar-refractivity contribution is 6.08. The van der Waals surface area contributed by atoms with Crippen LogP contribution in [0.15, 0.2) is 98.1 Å². The van der Waals surface area contributed by atoms with Gasteiger partial charge in [-0.2, -0.15) is 0 Å². The molecule has 0 saturated carbocycles. The van der Waals surface area contributed by atoms with Crippen LogP contribution in [0, 0.1) is 0 Å². The minimum atomic E-state index is -0.813. The van der Waals surface area contributed by atoms with Gasteiger partial charge in [-0.15, -0.1) is 13.2 Å². The maximum Gasteiger partial charge on any atom is 0.0975 e. The number of benzene rings is 4. The second kappa shape index (κ2) is 7.43. The van der Waals surface area contributed by atoms with Crippen molar-refractivity contribution < 1.29 is 10.2 Å². The van der Waals surface area contributed by atoms with Gasteiger partial charge in [-0.25, -0.2) is 0 Å². The summed E-state index contributed by atoms with van der Waals surface area (Å²) in [6.07, 6.45) is 1.43. The quantitative estimate of drug-likeness (QED) is 0.419. The van der Waals surface area contributed by atoms with Gasteiger partial charge in [0.1, 0.15) is 0 Å². The lowest BCUT2D eigenvalue weighted by molar-refractivity contribution is 0.227. The molecule has 0 aliphatic heterocycles. The summed E-state index contributed by atoms with van der Waals surface area (Å²) in [5.41, 5.74) is 3.36. The molecule has 1 unspecified atom stereocenters. The zero-order valence-electron chi connectivity index (χ0n) is 15.5. The Morgan fingerprint density at radius 1 is 0.571 bits per heavy atom. The van der Waals surface area contributed by atoms with Gasteiger partial charge in [-0.3, -0.25) is 0 Å². The molecular formula is C26H22O2. The maximum atomic E-state index is 10.7. The fraction of sp³-hybridized carbons (Fsp3) is 0.0769. The normalized spacial score (nSPS) is 13.4. The van der Waals surface area contributed by atoms with Gasteiger partial charge >= 0.3 is 0 Å². The van der Waals surface area contributed by atoms with E-state index in [0.717, 1.165) is 43.8 Å². The van der Waals surface area contributed by atoms with Gasteiger partial charge in [0, 0.05) is 0 Å². The van der Waals surface area contributed by atoms with Gasteiger partial charge in [0.05, 0.1) is 12.2 Å². The van der Waals surface area contributed by atoms with Crippen LogP contribution in [0.1, 0.15) is 23.3 Å². The molecule has 2 heteroatoms. The highest BCUT2D eigenvalue weighted by Gasteiger charge is 2.21. The fourth-order valence-corrected chi connectivity index (χ4v) is 3.88. The van der Waals surface area contributed by atoms with Crippen LogP contribution in [0.4, 0.5) is 0 Å². The van der Waals surface area contributed by atoms with E-state index >= 15 is 0 Å². The Morgan fingerprint density at radius 3 is 1.36 bits per heavy atom. The molecule has 0 aliphatic rings. The number of aliphatic hydroxyl groups is 2. The molecular weight excluding hydrogens is 344 g/mol. The summed E-state index contributed by atoms with van der Waals surface area (Å²) in [7, 11) is 0. The zero-order valence-corrected chi connectivity index (χ0v) is 15.5. The molecule has 0 amide bonds. The second-order valence-corrected chi connectivity index (χ2v) is 6.86. The molecule has 4 rings (SSSR count). The van der Waals surface area contributed by atoms with E-state index < -0.39 is 12.2 Å². The smallest absolute Gasteiger partial charge is 0.0975 e. The minimum absolute atomic E-state index is 0.766. The lowest BCUT2D eigenvalue weighted by Crippen LogP contribution is -2.03. The third-order valence-electron chi connectivity index (χ3n) is 5.26. The number of hydrogen-bond acceptors (Lipinski definition) is 2. The van der Waals surface area contributed by atoms with Crippen molar-refractivity contribution in [2.24, 2.45) is 0 Å². The Balaban J connectivity index is 2.23. The third kappa shape index (κ3) is 2.93. The lowest BCUT2D eigenvalue weighted by Gasteiger charge is -2.22. The molecule has 0 saturated heterocycles. The van der Waals surface area contributed by atoms with Crippen molar-refractivity contribution in [1.82, 2.24) is 0 Å². The number of hydrogen-bond donors (Lipinski definition) is 2. The van der Waals surface area contributed by atoms with Crippen LogP contribution in [0.2, 0.25) is 0 Å². The topological polar surface area (TPSA) is 40.5 Å². The summed E-state index contributed by atoms with van der Waals surface area (Å²) in [5, 5.41) is 25.6. The Bertz CT molecular complexity index is 1090. The predicted octanol–water partition coefficient (Wildman–Crippen LogP) is 6.10. The maximum absolute atomic E-state index is 10.7. The largest absolute Gasteiger partial charge is 0.384 e. The van der Waals surface area contributed by atoms with E-state index in [1.807, 2.05) is 48.5 Å². The molecule has 4 aromatic carbocycles. The molecule has 4 aromatic rings. The average Bonchev–Trinajstić information content (AvgIpc) is 2.76. The molecule has 0 aromatic heterocycles. The van der Waals surface area contributed by atoms with Crippen LogP contribution in [-0.4, -0.2) is 10.2 Å². The monoisotopic (exact) mass is 366 g/mol. The van der Waals surface area contributed by atoms with Crippen LogP contribution >= 0.6 is 0 Å².